The van der Waals surface area contributed by atoms with Gasteiger partial charge in [0.05, 0.1) is 0 Å². The molecule has 14 heavy (non-hydrogen) atoms. The molecule has 1 fully saturated rings. The summed E-state index contributed by atoms with van der Waals surface area (Å²) in [5.41, 5.74) is 7.48. The number of nitrogens with zero attached hydrogens (tertiary/aromatic N) is 1. The van der Waals surface area contributed by atoms with Crippen molar-refractivity contribution in [3.8, 4) is 0 Å². The van der Waals surface area contributed by atoms with Crippen LogP contribution in [-0.4, -0.2) is 4.98 Å². The number of pyridine rings is 1. The minimum atomic E-state index is -0.138. The Morgan fingerprint density at radius 3 is 3.00 bits per heavy atom. The normalized spacial score (nSPS) is 32.1. The second-order valence-corrected chi connectivity index (χ2v) is 5.21. The molecule has 1 aliphatic rings. The fourth-order valence-corrected chi connectivity index (χ4v) is 3.00. The van der Waals surface area contributed by atoms with E-state index < -0.39 is 0 Å². The zero-order chi connectivity index (χ0) is 10.2. The van der Waals surface area contributed by atoms with E-state index in [0.717, 1.165) is 23.2 Å². The van der Waals surface area contributed by atoms with Crippen LogP contribution >= 0.6 is 15.9 Å². The van der Waals surface area contributed by atoms with Crippen molar-refractivity contribution in [2.24, 2.45) is 11.7 Å². The van der Waals surface area contributed by atoms with Crippen LogP contribution in [0.1, 0.15) is 31.7 Å². The summed E-state index contributed by atoms with van der Waals surface area (Å²) in [7, 11) is 0. The van der Waals surface area contributed by atoms with Crippen LogP contribution in [0.3, 0.4) is 0 Å². The van der Waals surface area contributed by atoms with Crippen LogP contribution in [0.25, 0.3) is 0 Å². The number of rotatable bonds is 1. The van der Waals surface area contributed by atoms with Gasteiger partial charge in [-0.1, -0.05) is 6.92 Å². The van der Waals surface area contributed by atoms with E-state index in [1.807, 2.05) is 18.5 Å². The topological polar surface area (TPSA) is 38.9 Å². The van der Waals surface area contributed by atoms with Crippen LogP contribution in [0.4, 0.5) is 0 Å². The largest absolute Gasteiger partial charge is 0.321 e. The number of aromatic nitrogens is 1. The van der Waals surface area contributed by atoms with E-state index in [0.29, 0.717) is 0 Å². The molecule has 0 radical (unpaired) electrons. The summed E-state index contributed by atoms with van der Waals surface area (Å²) in [5.74, 6) is 0.736. The van der Waals surface area contributed by atoms with Crippen molar-refractivity contribution in [2.75, 3.05) is 0 Å². The number of hydrogen-bond acceptors (Lipinski definition) is 2. The van der Waals surface area contributed by atoms with Gasteiger partial charge in [-0.15, -0.1) is 0 Å². The van der Waals surface area contributed by atoms with E-state index >= 15 is 0 Å². The first-order chi connectivity index (χ1) is 6.62. The lowest BCUT2D eigenvalue weighted by Gasteiger charge is -2.25. The molecule has 2 unspecified atom stereocenters. The SMILES string of the molecule is CC1CCC(N)(c2ccncc2Br)C1. The highest BCUT2D eigenvalue weighted by molar-refractivity contribution is 9.10. The van der Waals surface area contributed by atoms with E-state index in [-0.39, 0.29) is 5.54 Å². The monoisotopic (exact) mass is 254 g/mol. The lowest BCUT2D eigenvalue weighted by atomic mass is 9.89. The van der Waals surface area contributed by atoms with E-state index in [9.17, 15) is 0 Å². The predicted octanol–water partition coefficient (Wildman–Crippen LogP) is 2.82. The Hall–Kier alpha value is -0.410. The van der Waals surface area contributed by atoms with Crippen LogP contribution in [0.15, 0.2) is 22.9 Å². The van der Waals surface area contributed by atoms with Crippen LogP contribution in [0, 0.1) is 5.92 Å². The van der Waals surface area contributed by atoms with Gasteiger partial charge in [-0.25, -0.2) is 0 Å². The molecule has 2 nitrogen and oxygen atoms in total. The van der Waals surface area contributed by atoms with Crippen molar-refractivity contribution >= 4 is 15.9 Å². The van der Waals surface area contributed by atoms with Crippen molar-refractivity contribution in [3.05, 3.63) is 28.5 Å². The zero-order valence-corrected chi connectivity index (χ0v) is 9.92. The van der Waals surface area contributed by atoms with Gasteiger partial charge in [0.15, 0.2) is 0 Å². The maximum absolute atomic E-state index is 6.41. The van der Waals surface area contributed by atoms with Crippen molar-refractivity contribution in [1.29, 1.82) is 0 Å². The molecule has 1 heterocycles. The molecule has 1 aromatic heterocycles. The maximum Gasteiger partial charge on any atom is 0.0424 e. The maximum atomic E-state index is 6.41. The summed E-state index contributed by atoms with van der Waals surface area (Å²) in [6.07, 6.45) is 7.03. The van der Waals surface area contributed by atoms with Gasteiger partial charge in [0.1, 0.15) is 0 Å². The molecule has 1 aliphatic carbocycles. The standard InChI is InChI=1S/C11H15BrN2/c1-8-2-4-11(13,6-8)9-3-5-14-7-10(9)12/h3,5,7-8H,2,4,6,13H2,1H3. The summed E-state index contributed by atoms with van der Waals surface area (Å²) in [6, 6.07) is 2.03. The second-order valence-electron chi connectivity index (χ2n) is 4.36. The lowest BCUT2D eigenvalue weighted by Crippen LogP contribution is -2.34. The summed E-state index contributed by atoms with van der Waals surface area (Å²) >= 11 is 3.52. The van der Waals surface area contributed by atoms with Crippen LogP contribution < -0.4 is 5.73 Å². The van der Waals surface area contributed by atoms with Gasteiger partial charge < -0.3 is 5.73 Å². The van der Waals surface area contributed by atoms with E-state index in [1.54, 1.807) is 0 Å². The number of hydrogen-bond donors (Lipinski definition) is 1. The molecule has 1 saturated carbocycles. The summed E-state index contributed by atoms with van der Waals surface area (Å²) in [4.78, 5) is 4.06. The van der Waals surface area contributed by atoms with Crippen molar-refractivity contribution < 1.29 is 0 Å². The van der Waals surface area contributed by atoms with E-state index in [4.69, 9.17) is 5.73 Å². The number of halogens is 1. The Balaban J connectivity index is 2.35. The average molecular weight is 255 g/mol. The van der Waals surface area contributed by atoms with Crippen molar-refractivity contribution in [3.63, 3.8) is 0 Å². The molecule has 1 aromatic rings. The molecule has 0 spiro atoms. The van der Waals surface area contributed by atoms with Gasteiger partial charge in [-0.2, -0.15) is 0 Å². The smallest absolute Gasteiger partial charge is 0.0424 e. The first-order valence-electron chi connectivity index (χ1n) is 5.01. The molecule has 2 rings (SSSR count). The van der Waals surface area contributed by atoms with Crippen LogP contribution in [0.5, 0.6) is 0 Å². The molecule has 3 heteroatoms. The molecule has 76 valence electrons. The third kappa shape index (κ3) is 1.71. The van der Waals surface area contributed by atoms with Gasteiger partial charge in [0.25, 0.3) is 0 Å². The Morgan fingerprint density at radius 2 is 2.43 bits per heavy atom. The van der Waals surface area contributed by atoms with E-state index in [1.165, 1.54) is 12.0 Å². The Morgan fingerprint density at radius 1 is 1.64 bits per heavy atom. The Kier molecular flexibility index (Phi) is 2.62. The van der Waals surface area contributed by atoms with Crippen LogP contribution in [-0.2, 0) is 5.54 Å². The molecule has 2 atom stereocenters. The second kappa shape index (κ2) is 3.63. The summed E-state index contributed by atoms with van der Waals surface area (Å²) < 4.78 is 1.04. The van der Waals surface area contributed by atoms with Gasteiger partial charge in [-0.3, -0.25) is 4.98 Å². The molecule has 0 bridgehead atoms. The lowest BCUT2D eigenvalue weighted by molar-refractivity contribution is 0.438. The quantitative estimate of drug-likeness (QED) is 0.838. The first kappa shape index (κ1) is 10.1. The molecule has 2 N–H and O–H groups in total. The highest BCUT2D eigenvalue weighted by atomic mass is 79.9. The van der Waals surface area contributed by atoms with Gasteiger partial charge in [0.2, 0.25) is 0 Å². The Bertz CT molecular complexity index is 340. The van der Waals surface area contributed by atoms with Gasteiger partial charge >= 0.3 is 0 Å². The molecular formula is C11H15BrN2. The summed E-state index contributed by atoms with van der Waals surface area (Å²) in [5, 5.41) is 0. The minimum Gasteiger partial charge on any atom is -0.321 e. The number of nitrogens with two attached hydrogens (primary N) is 1. The van der Waals surface area contributed by atoms with Gasteiger partial charge in [0, 0.05) is 22.4 Å². The molecule has 0 amide bonds. The molecular weight excluding hydrogens is 240 g/mol. The van der Waals surface area contributed by atoms with E-state index in [2.05, 4.69) is 27.8 Å². The van der Waals surface area contributed by atoms with Crippen molar-refractivity contribution in [1.82, 2.24) is 4.98 Å². The summed E-state index contributed by atoms with van der Waals surface area (Å²) in [6.45, 7) is 2.27. The molecule has 0 aromatic carbocycles. The Labute approximate surface area is 93.0 Å². The average Bonchev–Trinajstić information content (AvgIpc) is 2.48. The first-order valence-corrected chi connectivity index (χ1v) is 5.80. The fraction of sp³-hybridized carbons (Fsp3) is 0.545. The molecule has 0 aliphatic heterocycles. The third-order valence-corrected chi connectivity index (χ3v) is 3.74. The van der Waals surface area contributed by atoms with Crippen LogP contribution in [0.2, 0.25) is 0 Å². The zero-order valence-electron chi connectivity index (χ0n) is 8.33. The fourth-order valence-electron chi connectivity index (χ4n) is 2.35. The highest BCUT2D eigenvalue weighted by Gasteiger charge is 2.36. The highest BCUT2D eigenvalue weighted by Crippen LogP contribution is 2.41. The minimum absolute atomic E-state index is 0.138. The third-order valence-electron chi connectivity index (χ3n) is 3.10. The molecule has 0 saturated heterocycles. The predicted molar refractivity (Wildman–Crippen MR) is 60.8 cm³/mol. The van der Waals surface area contributed by atoms with Crippen molar-refractivity contribution in [2.45, 2.75) is 31.7 Å². The van der Waals surface area contributed by atoms with Gasteiger partial charge in [-0.05, 0) is 52.7 Å².